The lowest BCUT2D eigenvalue weighted by Crippen LogP contribution is -2.74. The molecular formula is C16H6F17NO2. The Morgan fingerprint density at radius 3 is 1.22 bits per heavy atom. The quantitative estimate of drug-likeness (QED) is 0.175. The van der Waals surface area contributed by atoms with Gasteiger partial charge in [-0.15, -0.1) is 0 Å². The molecular weight excluding hydrogens is 561 g/mol. The van der Waals surface area contributed by atoms with E-state index in [-0.39, 0.29) is 6.08 Å². The molecule has 36 heavy (non-hydrogen) atoms. The van der Waals surface area contributed by atoms with Crippen LogP contribution in [0.15, 0.2) is 30.3 Å². The normalized spacial score (nSPS) is 15.5. The molecule has 0 atom stereocenters. The Morgan fingerprint density at radius 1 is 0.556 bits per heavy atom. The molecule has 0 radical (unpaired) electrons. The van der Waals surface area contributed by atoms with Gasteiger partial charge in [0, 0.05) is 12.1 Å². The van der Waals surface area contributed by atoms with E-state index in [1.165, 1.54) is 0 Å². The van der Waals surface area contributed by atoms with Gasteiger partial charge in [0.2, 0.25) is 0 Å². The standard InChI is InChI=1S/C16H6F17NO2/c17-9(18,6-5-7-1-3-8(4-2-7)34(35)36)10(19,20)11(21,22)12(23,24)13(25,26)14(27,28)15(29,30)16(31,32)33/h1-6H/b6-5+. The van der Waals surface area contributed by atoms with Gasteiger partial charge in [-0.25, -0.2) is 0 Å². The second-order valence-corrected chi connectivity index (χ2v) is 6.75. The van der Waals surface area contributed by atoms with Crippen LogP contribution in [0.25, 0.3) is 6.08 Å². The van der Waals surface area contributed by atoms with E-state index in [9.17, 15) is 84.8 Å². The number of allylic oxidation sites excluding steroid dienone is 1. The highest BCUT2D eigenvalue weighted by Crippen LogP contribution is 2.64. The molecule has 0 bridgehead atoms. The number of hydrogen-bond acceptors (Lipinski definition) is 2. The van der Waals surface area contributed by atoms with Crippen molar-refractivity contribution in [3.8, 4) is 0 Å². The SMILES string of the molecule is O=[N+]([O-])c1ccc(/C=C/C(F)(F)C(F)(F)C(F)(F)C(F)(F)C(F)(F)C(F)(F)C(F)(F)C(F)(F)F)cc1. The lowest BCUT2D eigenvalue weighted by atomic mass is 9.89. The second-order valence-electron chi connectivity index (χ2n) is 6.75. The molecule has 0 saturated carbocycles. The molecule has 0 spiro atoms. The Balaban J connectivity index is 3.54. The minimum Gasteiger partial charge on any atom is -0.258 e. The van der Waals surface area contributed by atoms with E-state index in [2.05, 4.69) is 0 Å². The van der Waals surface area contributed by atoms with Crippen molar-refractivity contribution in [1.82, 2.24) is 0 Å². The van der Waals surface area contributed by atoms with E-state index in [1.54, 1.807) is 0 Å². The molecule has 0 aliphatic carbocycles. The monoisotopic (exact) mass is 567 g/mol. The number of nitrogens with zero attached hydrogens (tertiary/aromatic N) is 1. The minimum absolute atomic E-state index is 0.295. The van der Waals surface area contributed by atoms with Crippen molar-refractivity contribution in [3.05, 3.63) is 46.0 Å². The second kappa shape index (κ2) is 8.63. The molecule has 1 rings (SSSR count). The van der Waals surface area contributed by atoms with E-state index < -0.39 is 69.9 Å². The van der Waals surface area contributed by atoms with Crippen LogP contribution in [0, 0.1) is 10.1 Å². The molecule has 0 unspecified atom stereocenters. The molecule has 0 amide bonds. The molecule has 0 aliphatic rings. The average molecular weight is 567 g/mol. The molecule has 1 aromatic carbocycles. The van der Waals surface area contributed by atoms with E-state index >= 15 is 0 Å². The number of nitro groups is 1. The highest BCUT2D eigenvalue weighted by molar-refractivity contribution is 5.53. The van der Waals surface area contributed by atoms with Crippen molar-refractivity contribution in [2.75, 3.05) is 0 Å². The maximum absolute atomic E-state index is 13.7. The van der Waals surface area contributed by atoms with Crippen LogP contribution in [0.4, 0.5) is 80.3 Å². The fraction of sp³-hybridized carbons (Fsp3) is 0.500. The highest BCUT2D eigenvalue weighted by atomic mass is 19.4. The highest BCUT2D eigenvalue weighted by Gasteiger charge is 2.95. The predicted molar refractivity (Wildman–Crippen MR) is 82.8 cm³/mol. The number of halogens is 17. The van der Waals surface area contributed by atoms with Gasteiger partial charge < -0.3 is 0 Å². The predicted octanol–water partition coefficient (Wildman–Crippen LogP) is 7.62. The van der Waals surface area contributed by atoms with Crippen LogP contribution in [-0.2, 0) is 0 Å². The molecule has 0 N–H and O–H groups in total. The summed E-state index contributed by atoms with van der Waals surface area (Å²) >= 11 is 0. The molecule has 3 nitrogen and oxygen atoms in total. The number of alkyl halides is 17. The third-order valence-electron chi connectivity index (χ3n) is 4.34. The van der Waals surface area contributed by atoms with Crippen LogP contribution >= 0.6 is 0 Å². The van der Waals surface area contributed by atoms with Gasteiger partial charge in [0.05, 0.1) is 4.92 Å². The van der Waals surface area contributed by atoms with Crippen LogP contribution in [0.1, 0.15) is 5.56 Å². The summed E-state index contributed by atoms with van der Waals surface area (Å²) in [5.41, 5.74) is -1.48. The first-order chi connectivity index (χ1) is 15.6. The fourth-order valence-electron chi connectivity index (χ4n) is 2.19. The lowest BCUT2D eigenvalue weighted by molar-refractivity contribution is -0.459. The summed E-state index contributed by atoms with van der Waals surface area (Å²) in [7, 11) is 0. The van der Waals surface area contributed by atoms with Gasteiger partial charge in [-0.3, -0.25) is 10.1 Å². The van der Waals surface area contributed by atoms with Crippen molar-refractivity contribution in [3.63, 3.8) is 0 Å². The Kier molecular flexibility index (Phi) is 7.48. The first kappa shape index (κ1) is 31.2. The van der Waals surface area contributed by atoms with Crippen LogP contribution in [0.3, 0.4) is 0 Å². The van der Waals surface area contributed by atoms with Gasteiger partial charge in [0.25, 0.3) is 5.69 Å². The summed E-state index contributed by atoms with van der Waals surface area (Å²) in [5.74, 6) is -57.0. The van der Waals surface area contributed by atoms with E-state index in [0.29, 0.717) is 24.3 Å². The molecule has 1 aromatic rings. The van der Waals surface area contributed by atoms with Gasteiger partial charge in [-0.05, 0) is 23.8 Å². The van der Waals surface area contributed by atoms with Crippen molar-refractivity contribution in [2.24, 2.45) is 0 Å². The Hall–Kier alpha value is -2.83. The molecule has 0 aliphatic heterocycles. The van der Waals surface area contributed by atoms with Gasteiger partial charge in [-0.1, -0.05) is 6.08 Å². The number of non-ortho nitro benzene ring substituents is 1. The third-order valence-corrected chi connectivity index (χ3v) is 4.34. The first-order valence-electron chi connectivity index (χ1n) is 8.28. The number of hydrogen-bond donors (Lipinski definition) is 0. The Morgan fingerprint density at radius 2 is 0.889 bits per heavy atom. The van der Waals surface area contributed by atoms with Crippen LogP contribution in [0.5, 0.6) is 0 Å². The summed E-state index contributed by atoms with van der Waals surface area (Å²) in [6, 6.07) is 2.07. The van der Waals surface area contributed by atoms with Gasteiger partial charge in [0.15, 0.2) is 0 Å². The third kappa shape index (κ3) is 4.41. The molecule has 0 aromatic heterocycles. The maximum Gasteiger partial charge on any atom is 0.460 e. The zero-order chi connectivity index (χ0) is 29.0. The average Bonchev–Trinajstić information content (AvgIpc) is 2.70. The summed E-state index contributed by atoms with van der Waals surface area (Å²) in [5, 5.41) is 10.4. The molecule has 0 fully saturated rings. The van der Waals surface area contributed by atoms with Crippen molar-refractivity contribution < 1.29 is 79.6 Å². The van der Waals surface area contributed by atoms with Crippen molar-refractivity contribution in [2.45, 2.75) is 47.6 Å². The number of benzene rings is 1. The summed E-state index contributed by atoms with van der Waals surface area (Å²) in [4.78, 5) is 9.37. The summed E-state index contributed by atoms with van der Waals surface area (Å²) in [6.07, 6.45) is -9.47. The van der Waals surface area contributed by atoms with E-state index in [0.717, 1.165) is 0 Å². The smallest absolute Gasteiger partial charge is 0.258 e. The maximum atomic E-state index is 13.7. The van der Waals surface area contributed by atoms with Gasteiger partial charge >= 0.3 is 47.6 Å². The van der Waals surface area contributed by atoms with Crippen LogP contribution < -0.4 is 0 Å². The van der Waals surface area contributed by atoms with E-state index in [4.69, 9.17) is 0 Å². The Bertz CT molecular complexity index is 995. The van der Waals surface area contributed by atoms with E-state index in [1.807, 2.05) is 0 Å². The van der Waals surface area contributed by atoms with Crippen molar-refractivity contribution in [1.29, 1.82) is 0 Å². The topological polar surface area (TPSA) is 43.1 Å². The molecule has 0 saturated heterocycles. The largest absolute Gasteiger partial charge is 0.460 e. The number of rotatable bonds is 9. The molecule has 0 heterocycles. The van der Waals surface area contributed by atoms with Gasteiger partial charge in [-0.2, -0.15) is 74.6 Å². The van der Waals surface area contributed by atoms with Crippen molar-refractivity contribution >= 4 is 11.8 Å². The fourth-order valence-corrected chi connectivity index (χ4v) is 2.19. The lowest BCUT2D eigenvalue weighted by Gasteiger charge is -2.42. The Labute approximate surface area is 186 Å². The summed E-state index contributed by atoms with van der Waals surface area (Å²) < 4.78 is 223. The van der Waals surface area contributed by atoms with Gasteiger partial charge in [0.1, 0.15) is 0 Å². The zero-order valence-electron chi connectivity index (χ0n) is 16.2. The summed E-state index contributed by atoms with van der Waals surface area (Å²) in [6.45, 7) is 0. The minimum atomic E-state index is -8.69. The van der Waals surface area contributed by atoms with Crippen LogP contribution in [-0.4, -0.2) is 52.6 Å². The first-order valence-corrected chi connectivity index (χ1v) is 8.28. The molecule has 20 heteroatoms. The van der Waals surface area contributed by atoms with Crippen LogP contribution in [0.2, 0.25) is 0 Å². The number of nitro benzene ring substituents is 1. The zero-order valence-corrected chi connectivity index (χ0v) is 16.2. The molecule has 206 valence electrons.